The first-order valence-corrected chi connectivity index (χ1v) is 7.06. The predicted octanol–water partition coefficient (Wildman–Crippen LogP) is 1.51. The Morgan fingerprint density at radius 3 is 2.55 bits per heavy atom. The van der Waals surface area contributed by atoms with Gasteiger partial charge in [-0.3, -0.25) is 4.90 Å². The van der Waals surface area contributed by atoms with E-state index in [1.807, 2.05) is 35.2 Å². The standard InChI is InChI=1S/C15H20N2O3/c16-12-6-13-9-19-10-14(7-12)17(13)15(18)20-8-11-4-2-1-3-5-11/h1-5,12-14H,6-10,16H2. The molecule has 2 saturated heterocycles. The summed E-state index contributed by atoms with van der Waals surface area (Å²) in [5, 5.41) is 0. The maximum Gasteiger partial charge on any atom is 0.410 e. The van der Waals surface area contributed by atoms with Gasteiger partial charge in [-0.2, -0.15) is 0 Å². The Morgan fingerprint density at radius 1 is 1.25 bits per heavy atom. The van der Waals surface area contributed by atoms with E-state index >= 15 is 0 Å². The Morgan fingerprint density at radius 2 is 1.90 bits per heavy atom. The monoisotopic (exact) mass is 276 g/mol. The summed E-state index contributed by atoms with van der Waals surface area (Å²) in [6.45, 7) is 1.43. The van der Waals surface area contributed by atoms with Crippen LogP contribution in [0.15, 0.2) is 30.3 Å². The highest BCUT2D eigenvalue weighted by molar-refractivity contribution is 5.69. The van der Waals surface area contributed by atoms with Gasteiger partial charge in [0.2, 0.25) is 0 Å². The number of rotatable bonds is 2. The summed E-state index contributed by atoms with van der Waals surface area (Å²) in [6, 6.07) is 9.98. The van der Waals surface area contributed by atoms with Gasteiger partial charge in [0.25, 0.3) is 0 Å². The van der Waals surface area contributed by atoms with Crippen molar-refractivity contribution >= 4 is 6.09 Å². The Bertz CT molecular complexity index is 451. The summed E-state index contributed by atoms with van der Waals surface area (Å²) in [5.41, 5.74) is 7.01. The van der Waals surface area contributed by atoms with Gasteiger partial charge in [-0.15, -0.1) is 0 Å². The smallest absolute Gasteiger partial charge is 0.410 e. The van der Waals surface area contributed by atoms with E-state index in [0.29, 0.717) is 19.8 Å². The van der Waals surface area contributed by atoms with Gasteiger partial charge in [-0.05, 0) is 18.4 Å². The third kappa shape index (κ3) is 2.78. The van der Waals surface area contributed by atoms with Crippen molar-refractivity contribution in [2.75, 3.05) is 13.2 Å². The molecule has 20 heavy (non-hydrogen) atoms. The fourth-order valence-corrected chi connectivity index (χ4v) is 3.05. The molecule has 0 spiro atoms. The predicted molar refractivity (Wildman–Crippen MR) is 74.1 cm³/mol. The molecular weight excluding hydrogens is 256 g/mol. The lowest BCUT2D eigenvalue weighted by Gasteiger charge is -2.46. The minimum Gasteiger partial charge on any atom is -0.445 e. The molecule has 5 heteroatoms. The highest BCUT2D eigenvalue weighted by atomic mass is 16.6. The average Bonchev–Trinajstić information content (AvgIpc) is 2.45. The molecule has 108 valence electrons. The number of morpholine rings is 1. The zero-order valence-electron chi connectivity index (χ0n) is 11.4. The number of carbonyl (C=O) groups excluding carboxylic acids is 1. The molecule has 1 amide bonds. The second-order valence-corrected chi connectivity index (χ2v) is 5.52. The summed E-state index contributed by atoms with van der Waals surface area (Å²) < 4.78 is 11.0. The number of piperidine rings is 1. The number of hydrogen-bond acceptors (Lipinski definition) is 4. The van der Waals surface area contributed by atoms with Crippen LogP contribution in [0.25, 0.3) is 0 Å². The minimum absolute atomic E-state index is 0.0563. The molecule has 0 aliphatic carbocycles. The average molecular weight is 276 g/mol. The lowest BCUT2D eigenvalue weighted by molar-refractivity contribution is -0.0704. The number of nitrogens with two attached hydrogens (primary N) is 1. The molecule has 2 bridgehead atoms. The minimum atomic E-state index is -0.251. The molecule has 2 N–H and O–H groups in total. The number of ether oxygens (including phenoxy) is 2. The molecule has 2 fully saturated rings. The van der Waals surface area contributed by atoms with Gasteiger partial charge in [0.05, 0.1) is 25.3 Å². The second kappa shape index (κ2) is 5.81. The Balaban J connectivity index is 1.62. The van der Waals surface area contributed by atoms with Crippen LogP contribution in [0.3, 0.4) is 0 Å². The molecular formula is C15H20N2O3. The van der Waals surface area contributed by atoms with E-state index in [4.69, 9.17) is 15.2 Å². The van der Waals surface area contributed by atoms with Gasteiger partial charge < -0.3 is 15.2 Å². The summed E-state index contributed by atoms with van der Waals surface area (Å²) in [6.07, 6.45) is 1.33. The molecule has 2 aliphatic heterocycles. The van der Waals surface area contributed by atoms with Crippen molar-refractivity contribution in [3.63, 3.8) is 0 Å². The van der Waals surface area contributed by atoms with Gasteiger partial charge in [0.15, 0.2) is 0 Å². The molecule has 0 saturated carbocycles. The zero-order valence-corrected chi connectivity index (χ0v) is 11.4. The number of hydrogen-bond donors (Lipinski definition) is 1. The van der Waals surface area contributed by atoms with Crippen LogP contribution in [0.4, 0.5) is 4.79 Å². The van der Waals surface area contributed by atoms with Crippen LogP contribution in [-0.4, -0.2) is 42.3 Å². The van der Waals surface area contributed by atoms with Crippen molar-refractivity contribution < 1.29 is 14.3 Å². The molecule has 0 radical (unpaired) electrons. The van der Waals surface area contributed by atoms with Gasteiger partial charge in [0, 0.05) is 6.04 Å². The van der Waals surface area contributed by atoms with E-state index in [1.165, 1.54) is 0 Å². The van der Waals surface area contributed by atoms with Crippen molar-refractivity contribution in [1.29, 1.82) is 0 Å². The first kappa shape index (κ1) is 13.4. The fraction of sp³-hybridized carbons (Fsp3) is 0.533. The molecule has 2 unspecified atom stereocenters. The van der Waals surface area contributed by atoms with Crippen LogP contribution < -0.4 is 5.73 Å². The van der Waals surface area contributed by atoms with E-state index in [0.717, 1.165) is 18.4 Å². The molecule has 2 atom stereocenters. The van der Waals surface area contributed by atoms with E-state index in [9.17, 15) is 4.79 Å². The lowest BCUT2D eigenvalue weighted by atomic mass is 9.91. The molecule has 0 aromatic heterocycles. The van der Waals surface area contributed by atoms with Gasteiger partial charge in [-0.25, -0.2) is 4.79 Å². The molecule has 2 aliphatic rings. The number of benzene rings is 1. The maximum absolute atomic E-state index is 12.3. The van der Waals surface area contributed by atoms with Gasteiger partial charge in [0.1, 0.15) is 6.61 Å². The molecule has 2 heterocycles. The maximum atomic E-state index is 12.3. The first-order valence-electron chi connectivity index (χ1n) is 7.06. The van der Waals surface area contributed by atoms with E-state index in [2.05, 4.69) is 0 Å². The zero-order chi connectivity index (χ0) is 13.9. The third-order valence-electron chi connectivity index (χ3n) is 3.97. The molecule has 5 nitrogen and oxygen atoms in total. The number of fused-ring (bicyclic) bond motifs is 2. The summed E-state index contributed by atoms with van der Waals surface area (Å²) in [5.74, 6) is 0. The van der Waals surface area contributed by atoms with Crippen molar-refractivity contribution in [3.8, 4) is 0 Å². The summed E-state index contributed by atoms with van der Waals surface area (Å²) in [4.78, 5) is 14.1. The number of amides is 1. The highest BCUT2D eigenvalue weighted by Gasteiger charge is 2.41. The Kier molecular flexibility index (Phi) is 3.89. The SMILES string of the molecule is NC1CC2COCC(C1)N2C(=O)OCc1ccccc1. The second-order valence-electron chi connectivity index (χ2n) is 5.52. The Hall–Kier alpha value is -1.59. The summed E-state index contributed by atoms with van der Waals surface area (Å²) in [7, 11) is 0. The van der Waals surface area contributed by atoms with Crippen LogP contribution in [0, 0.1) is 0 Å². The topological polar surface area (TPSA) is 64.8 Å². The Labute approximate surface area is 118 Å². The molecule has 3 rings (SSSR count). The fourth-order valence-electron chi connectivity index (χ4n) is 3.05. The van der Waals surface area contributed by atoms with E-state index in [1.54, 1.807) is 0 Å². The first-order chi connectivity index (χ1) is 9.74. The van der Waals surface area contributed by atoms with Crippen molar-refractivity contribution in [2.24, 2.45) is 5.73 Å². The third-order valence-corrected chi connectivity index (χ3v) is 3.97. The van der Waals surface area contributed by atoms with Crippen LogP contribution in [0.2, 0.25) is 0 Å². The highest BCUT2D eigenvalue weighted by Crippen LogP contribution is 2.27. The number of carbonyl (C=O) groups is 1. The van der Waals surface area contributed by atoms with Crippen LogP contribution in [-0.2, 0) is 16.1 Å². The lowest BCUT2D eigenvalue weighted by Crippen LogP contribution is -2.61. The van der Waals surface area contributed by atoms with Gasteiger partial charge >= 0.3 is 6.09 Å². The van der Waals surface area contributed by atoms with Crippen molar-refractivity contribution in [3.05, 3.63) is 35.9 Å². The van der Waals surface area contributed by atoms with Crippen LogP contribution >= 0.6 is 0 Å². The van der Waals surface area contributed by atoms with Crippen LogP contribution in [0.1, 0.15) is 18.4 Å². The normalized spacial score (nSPS) is 29.1. The van der Waals surface area contributed by atoms with Crippen molar-refractivity contribution in [1.82, 2.24) is 4.90 Å². The summed E-state index contributed by atoms with van der Waals surface area (Å²) >= 11 is 0. The largest absolute Gasteiger partial charge is 0.445 e. The molecule has 1 aromatic carbocycles. The quantitative estimate of drug-likeness (QED) is 0.889. The molecule has 1 aromatic rings. The van der Waals surface area contributed by atoms with E-state index in [-0.39, 0.29) is 24.2 Å². The van der Waals surface area contributed by atoms with Gasteiger partial charge in [-0.1, -0.05) is 30.3 Å². The van der Waals surface area contributed by atoms with Crippen LogP contribution in [0.5, 0.6) is 0 Å². The number of nitrogens with zero attached hydrogens (tertiary/aromatic N) is 1. The van der Waals surface area contributed by atoms with E-state index < -0.39 is 0 Å². The van der Waals surface area contributed by atoms with Crippen molar-refractivity contribution in [2.45, 2.75) is 37.6 Å².